The van der Waals surface area contributed by atoms with E-state index in [1.54, 1.807) is 0 Å². The second-order valence-electron chi connectivity index (χ2n) is 6.11. The van der Waals surface area contributed by atoms with Crippen molar-refractivity contribution in [1.82, 2.24) is 0 Å². The highest BCUT2D eigenvalue weighted by molar-refractivity contribution is 5.89. The molecule has 0 aliphatic carbocycles. The number of unbranched alkanes of at least 4 members (excludes halogenated alkanes) is 7. The molecule has 0 aliphatic rings. The molecular weight excluding hydrogens is 298 g/mol. The number of carbonyl (C=O) groups is 1. The summed E-state index contributed by atoms with van der Waals surface area (Å²) < 4.78 is 31.2. The molecule has 0 bridgehead atoms. The summed E-state index contributed by atoms with van der Waals surface area (Å²) in [6.07, 6.45) is 10.4. The van der Waals surface area contributed by atoms with Crippen LogP contribution in [0, 0.1) is 11.6 Å². The van der Waals surface area contributed by atoms with E-state index in [0.29, 0.717) is 0 Å². The molecule has 0 aliphatic heterocycles. The Morgan fingerprint density at radius 1 is 1.00 bits per heavy atom. The van der Waals surface area contributed by atoms with E-state index in [2.05, 4.69) is 6.92 Å². The predicted octanol–water partition coefficient (Wildman–Crippen LogP) is 6.04. The fourth-order valence-electron chi connectivity index (χ4n) is 2.50. The number of rotatable bonds is 11. The normalized spacial score (nSPS) is 12.2. The Hall–Kier alpha value is -1.45. The summed E-state index contributed by atoms with van der Waals surface area (Å²) in [4.78, 5) is 11.8. The third-order valence-electron chi connectivity index (χ3n) is 3.93. The summed E-state index contributed by atoms with van der Waals surface area (Å²) in [5.41, 5.74) is 0.0478. The van der Waals surface area contributed by atoms with Crippen molar-refractivity contribution in [1.29, 1.82) is 0 Å². The molecule has 23 heavy (non-hydrogen) atoms. The summed E-state index contributed by atoms with van der Waals surface area (Å²) >= 11 is 0. The van der Waals surface area contributed by atoms with Crippen molar-refractivity contribution in [2.24, 2.45) is 0 Å². The van der Waals surface area contributed by atoms with Gasteiger partial charge in [0.1, 0.15) is 0 Å². The van der Waals surface area contributed by atoms with Gasteiger partial charge in [0, 0.05) is 0 Å². The maximum atomic E-state index is 13.1. The Morgan fingerprint density at radius 2 is 1.61 bits per heavy atom. The molecule has 1 aromatic carbocycles. The first-order valence-corrected chi connectivity index (χ1v) is 8.70. The van der Waals surface area contributed by atoms with E-state index in [4.69, 9.17) is 4.74 Å². The third kappa shape index (κ3) is 8.10. The van der Waals surface area contributed by atoms with Crippen LogP contribution in [0.2, 0.25) is 0 Å². The third-order valence-corrected chi connectivity index (χ3v) is 3.93. The average molecular weight is 326 g/mol. The van der Waals surface area contributed by atoms with Crippen LogP contribution in [0.4, 0.5) is 8.78 Å². The van der Waals surface area contributed by atoms with Gasteiger partial charge >= 0.3 is 5.97 Å². The van der Waals surface area contributed by atoms with Crippen molar-refractivity contribution >= 4 is 5.97 Å². The molecule has 0 saturated heterocycles. The lowest BCUT2D eigenvalue weighted by Gasteiger charge is -2.13. The molecule has 130 valence electrons. The molecule has 0 amide bonds. The molecule has 0 saturated carbocycles. The number of halogens is 2. The van der Waals surface area contributed by atoms with Gasteiger partial charge in [-0.05, 0) is 38.0 Å². The van der Waals surface area contributed by atoms with Crippen LogP contribution in [0.15, 0.2) is 18.2 Å². The SMILES string of the molecule is CCCCCCCCCCC(C)OC(=O)c1ccc(F)c(F)c1. The highest BCUT2D eigenvalue weighted by Crippen LogP contribution is 2.14. The molecule has 2 nitrogen and oxygen atoms in total. The molecule has 1 atom stereocenters. The van der Waals surface area contributed by atoms with Crippen LogP contribution < -0.4 is 0 Å². The number of ether oxygens (including phenoxy) is 1. The summed E-state index contributed by atoms with van der Waals surface area (Å²) in [5, 5.41) is 0. The zero-order chi connectivity index (χ0) is 17.1. The molecule has 0 spiro atoms. The van der Waals surface area contributed by atoms with Gasteiger partial charge in [0.25, 0.3) is 0 Å². The first-order chi connectivity index (χ1) is 11.0. The molecular formula is C19H28F2O2. The Balaban J connectivity index is 2.17. The van der Waals surface area contributed by atoms with E-state index >= 15 is 0 Å². The van der Waals surface area contributed by atoms with Gasteiger partial charge in [-0.25, -0.2) is 13.6 Å². The van der Waals surface area contributed by atoms with Crippen LogP contribution in [0.5, 0.6) is 0 Å². The summed E-state index contributed by atoms with van der Waals surface area (Å²) in [7, 11) is 0. The largest absolute Gasteiger partial charge is 0.459 e. The number of carbonyl (C=O) groups excluding carboxylic acids is 1. The fraction of sp³-hybridized carbons (Fsp3) is 0.632. The lowest BCUT2D eigenvalue weighted by Crippen LogP contribution is -2.15. The minimum Gasteiger partial charge on any atom is -0.459 e. The highest BCUT2D eigenvalue weighted by Gasteiger charge is 2.14. The van der Waals surface area contributed by atoms with E-state index in [1.165, 1.54) is 44.6 Å². The van der Waals surface area contributed by atoms with Crippen LogP contribution in [0.1, 0.15) is 82.0 Å². The number of hydrogen-bond acceptors (Lipinski definition) is 2. The number of esters is 1. The maximum Gasteiger partial charge on any atom is 0.338 e. The molecule has 0 fully saturated rings. The maximum absolute atomic E-state index is 13.1. The summed E-state index contributed by atoms with van der Waals surface area (Å²) in [6.45, 7) is 4.04. The Kier molecular flexibility index (Phi) is 9.49. The smallest absolute Gasteiger partial charge is 0.338 e. The van der Waals surface area contributed by atoms with E-state index in [0.717, 1.165) is 31.4 Å². The van der Waals surface area contributed by atoms with Crippen LogP contribution >= 0.6 is 0 Å². The van der Waals surface area contributed by atoms with Crippen molar-refractivity contribution in [3.05, 3.63) is 35.4 Å². The second-order valence-corrected chi connectivity index (χ2v) is 6.11. The predicted molar refractivity (Wildman–Crippen MR) is 88.5 cm³/mol. The molecule has 0 radical (unpaired) electrons. The van der Waals surface area contributed by atoms with Gasteiger partial charge in [0.05, 0.1) is 11.7 Å². The van der Waals surface area contributed by atoms with Crippen LogP contribution in [0.25, 0.3) is 0 Å². The van der Waals surface area contributed by atoms with E-state index in [9.17, 15) is 13.6 Å². The number of benzene rings is 1. The van der Waals surface area contributed by atoms with Gasteiger partial charge in [-0.3, -0.25) is 0 Å². The van der Waals surface area contributed by atoms with Gasteiger partial charge in [-0.1, -0.05) is 51.9 Å². The van der Waals surface area contributed by atoms with Crippen molar-refractivity contribution in [2.75, 3.05) is 0 Å². The van der Waals surface area contributed by atoms with Crippen molar-refractivity contribution in [3.63, 3.8) is 0 Å². The van der Waals surface area contributed by atoms with Crippen LogP contribution in [-0.2, 0) is 4.74 Å². The van der Waals surface area contributed by atoms with E-state index < -0.39 is 17.6 Å². The van der Waals surface area contributed by atoms with Crippen molar-refractivity contribution in [2.45, 2.75) is 77.7 Å². The summed E-state index contributed by atoms with van der Waals surface area (Å²) in [5.74, 6) is -2.60. The van der Waals surface area contributed by atoms with Gasteiger partial charge < -0.3 is 4.74 Å². The minimum atomic E-state index is -1.03. The fourth-order valence-corrected chi connectivity index (χ4v) is 2.50. The van der Waals surface area contributed by atoms with Gasteiger partial charge in [-0.2, -0.15) is 0 Å². The second kappa shape index (κ2) is 11.1. The van der Waals surface area contributed by atoms with Gasteiger partial charge in [0.2, 0.25) is 0 Å². The lowest BCUT2D eigenvalue weighted by atomic mass is 10.1. The topological polar surface area (TPSA) is 26.3 Å². The van der Waals surface area contributed by atoms with Crippen molar-refractivity contribution < 1.29 is 18.3 Å². The first kappa shape index (κ1) is 19.6. The molecule has 0 aromatic heterocycles. The number of hydrogen-bond donors (Lipinski definition) is 0. The lowest BCUT2D eigenvalue weighted by molar-refractivity contribution is 0.0318. The van der Waals surface area contributed by atoms with E-state index in [1.807, 2.05) is 6.92 Å². The van der Waals surface area contributed by atoms with Crippen molar-refractivity contribution in [3.8, 4) is 0 Å². The quantitative estimate of drug-likeness (QED) is 0.366. The molecule has 1 unspecified atom stereocenters. The highest BCUT2D eigenvalue weighted by atomic mass is 19.2. The van der Waals surface area contributed by atoms with E-state index in [-0.39, 0.29) is 11.7 Å². The average Bonchev–Trinajstić information content (AvgIpc) is 2.52. The summed E-state index contributed by atoms with van der Waals surface area (Å²) in [6, 6.07) is 3.06. The van der Waals surface area contributed by atoms with Gasteiger partial charge in [-0.15, -0.1) is 0 Å². The van der Waals surface area contributed by atoms with Crippen LogP contribution in [0.3, 0.4) is 0 Å². The zero-order valence-corrected chi connectivity index (χ0v) is 14.2. The molecule has 1 rings (SSSR count). The molecule has 4 heteroatoms. The standard InChI is InChI=1S/C19H28F2O2/c1-3-4-5-6-7-8-9-10-11-15(2)23-19(22)16-12-13-17(20)18(21)14-16/h12-15H,3-11H2,1-2H3. The Morgan fingerprint density at radius 3 is 2.22 bits per heavy atom. The molecule has 0 N–H and O–H groups in total. The Bertz CT molecular complexity index is 474. The molecule has 1 aromatic rings. The Labute approximate surface area is 138 Å². The van der Waals surface area contributed by atoms with Gasteiger partial charge in [0.15, 0.2) is 11.6 Å². The zero-order valence-electron chi connectivity index (χ0n) is 14.2. The first-order valence-electron chi connectivity index (χ1n) is 8.70. The minimum absolute atomic E-state index is 0.0478. The van der Waals surface area contributed by atoms with Crippen LogP contribution in [-0.4, -0.2) is 12.1 Å². The molecule has 0 heterocycles. The monoisotopic (exact) mass is 326 g/mol.